The molecule has 0 atom stereocenters. The SMILES string of the molecule is Cc1ccc(OCc2ccccc2[N+](=O)[O-])cc1OCc1ccccc1[N+](=O)[O-]. The molecule has 0 N–H and O–H groups in total. The molecule has 3 aromatic rings. The number of nitro benzene ring substituents is 2. The summed E-state index contributed by atoms with van der Waals surface area (Å²) in [5, 5.41) is 22.2. The first-order valence-corrected chi connectivity index (χ1v) is 8.76. The van der Waals surface area contributed by atoms with E-state index in [-0.39, 0.29) is 24.6 Å². The van der Waals surface area contributed by atoms with Crippen LogP contribution in [0.5, 0.6) is 11.5 Å². The molecule has 0 fully saturated rings. The van der Waals surface area contributed by atoms with Gasteiger partial charge in [-0.2, -0.15) is 0 Å². The van der Waals surface area contributed by atoms with Gasteiger partial charge in [0.15, 0.2) is 0 Å². The van der Waals surface area contributed by atoms with Gasteiger partial charge in [-0.25, -0.2) is 0 Å². The van der Waals surface area contributed by atoms with Crippen LogP contribution in [0.1, 0.15) is 16.7 Å². The lowest BCUT2D eigenvalue weighted by Crippen LogP contribution is -2.03. The summed E-state index contributed by atoms with van der Waals surface area (Å²) in [6.07, 6.45) is 0. The molecule has 0 amide bonds. The van der Waals surface area contributed by atoms with Crippen LogP contribution in [-0.2, 0) is 13.2 Å². The highest BCUT2D eigenvalue weighted by Gasteiger charge is 2.15. The quantitative estimate of drug-likeness (QED) is 0.395. The lowest BCUT2D eigenvalue weighted by molar-refractivity contribution is -0.386. The Morgan fingerprint density at radius 2 is 1.28 bits per heavy atom. The van der Waals surface area contributed by atoms with Crippen molar-refractivity contribution < 1.29 is 19.3 Å². The van der Waals surface area contributed by atoms with Gasteiger partial charge in [0.25, 0.3) is 11.4 Å². The fourth-order valence-corrected chi connectivity index (χ4v) is 2.76. The zero-order valence-corrected chi connectivity index (χ0v) is 15.6. The molecule has 0 radical (unpaired) electrons. The van der Waals surface area contributed by atoms with Crippen LogP contribution < -0.4 is 9.47 Å². The third kappa shape index (κ3) is 4.86. The van der Waals surface area contributed by atoms with Crippen molar-refractivity contribution in [2.24, 2.45) is 0 Å². The maximum atomic E-state index is 11.1. The maximum absolute atomic E-state index is 11.1. The standard InChI is InChI=1S/C21H18N2O6/c1-15-10-11-18(28-13-16-6-2-4-8-19(16)22(24)25)12-21(15)29-14-17-7-3-5-9-20(17)23(26)27/h2-12H,13-14H2,1H3. The van der Waals surface area contributed by atoms with Crippen LogP contribution in [0.25, 0.3) is 0 Å². The van der Waals surface area contributed by atoms with E-state index >= 15 is 0 Å². The predicted octanol–water partition coefficient (Wildman–Crippen LogP) is 4.97. The van der Waals surface area contributed by atoms with Crippen molar-refractivity contribution in [3.05, 3.63) is 104 Å². The lowest BCUT2D eigenvalue weighted by atomic mass is 10.2. The summed E-state index contributed by atoms with van der Waals surface area (Å²) in [6, 6.07) is 18.0. The van der Waals surface area contributed by atoms with Crippen LogP contribution >= 0.6 is 0 Å². The zero-order chi connectivity index (χ0) is 20.8. The van der Waals surface area contributed by atoms with Gasteiger partial charge in [0, 0.05) is 18.2 Å². The minimum atomic E-state index is -0.449. The van der Waals surface area contributed by atoms with E-state index in [4.69, 9.17) is 9.47 Å². The summed E-state index contributed by atoms with van der Waals surface area (Å²) in [7, 11) is 0. The summed E-state index contributed by atoms with van der Waals surface area (Å²) in [6.45, 7) is 1.91. The summed E-state index contributed by atoms with van der Waals surface area (Å²) >= 11 is 0. The zero-order valence-electron chi connectivity index (χ0n) is 15.6. The van der Waals surface area contributed by atoms with Gasteiger partial charge in [0.2, 0.25) is 0 Å². The monoisotopic (exact) mass is 394 g/mol. The Bertz CT molecular complexity index is 1050. The lowest BCUT2D eigenvalue weighted by Gasteiger charge is -2.12. The topological polar surface area (TPSA) is 105 Å². The summed E-state index contributed by atoms with van der Waals surface area (Å²) in [4.78, 5) is 21.3. The number of nitrogens with zero attached hydrogens (tertiary/aromatic N) is 2. The summed E-state index contributed by atoms with van der Waals surface area (Å²) in [5.74, 6) is 0.995. The van der Waals surface area contributed by atoms with Crippen molar-refractivity contribution >= 4 is 11.4 Å². The van der Waals surface area contributed by atoms with Gasteiger partial charge in [-0.1, -0.05) is 30.3 Å². The molecule has 8 nitrogen and oxygen atoms in total. The van der Waals surface area contributed by atoms with Crippen molar-refractivity contribution in [1.82, 2.24) is 0 Å². The molecular formula is C21H18N2O6. The predicted molar refractivity (Wildman–Crippen MR) is 106 cm³/mol. The molecule has 29 heavy (non-hydrogen) atoms. The molecule has 3 aromatic carbocycles. The number of rotatable bonds is 8. The highest BCUT2D eigenvalue weighted by atomic mass is 16.6. The van der Waals surface area contributed by atoms with Gasteiger partial charge in [0.05, 0.1) is 21.0 Å². The molecule has 148 valence electrons. The first-order valence-electron chi connectivity index (χ1n) is 8.76. The van der Waals surface area contributed by atoms with Gasteiger partial charge in [-0.15, -0.1) is 0 Å². The Morgan fingerprint density at radius 3 is 1.83 bits per heavy atom. The van der Waals surface area contributed by atoms with Gasteiger partial charge in [0.1, 0.15) is 24.7 Å². The van der Waals surface area contributed by atoms with E-state index in [1.807, 2.05) is 6.92 Å². The average Bonchev–Trinajstić information content (AvgIpc) is 2.72. The Labute approximate surface area is 166 Å². The Morgan fingerprint density at radius 1 is 0.759 bits per heavy atom. The summed E-state index contributed by atoms with van der Waals surface area (Å²) in [5.41, 5.74) is 1.74. The first-order chi connectivity index (χ1) is 14.0. The van der Waals surface area contributed by atoms with E-state index in [1.54, 1.807) is 54.6 Å². The number of hydrogen-bond donors (Lipinski definition) is 0. The second kappa shape index (κ2) is 8.83. The third-order valence-electron chi connectivity index (χ3n) is 4.31. The highest BCUT2D eigenvalue weighted by Crippen LogP contribution is 2.28. The third-order valence-corrected chi connectivity index (χ3v) is 4.31. The van der Waals surface area contributed by atoms with Crippen molar-refractivity contribution in [3.63, 3.8) is 0 Å². The Hall–Kier alpha value is -3.94. The van der Waals surface area contributed by atoms with Crippen LogP contribution in [-0.4, -0.2) is 9.85 Å². The summed E-state index contributed by atoms with van der Waals surface area (Å²) < 4.78 is 11.5. The van der Waals surface area contributed by atoms with E-state index < -0.39 is 9.85 Å². The van der Waals surface area contributed by atoms with E-state index in [0.717, 1.165) is 5.56 Å². The molecule has 0 unspecified atom stereocenters. The molecule has 0 spiro atoms. The number of benzene rings is 3. The number of hydrogen-bond acceptors (Lipinski definition) is 6. The van der Waals surface area contributed by atoms with Crippen molar-refractivity contribution in [3.8, 4) is 11.5 Å². The smallest absolute Gasteiger partial charge is 0.276 e. The van der Waals surface area contributed by atoms with E-state index in [9.17, 15) is 20.2 Å². The fraction of sp³-hybridized carbons (Fsp3) is 0.143. The molecule has 0 aliphatic rings. The minimum Gasteiger partial charge on any atom is -0.489 e. The van der Waals surface area contributed by atoms with Crippen molar-refractivity contribution in [2.75, 3.05) is 0 Å². The fourth-order valence-electron chi connectivity index (χ4n) is 2.76. The molecule has 8 heteroatoms. The van der Waals surface area contributed by atoms with Gasteiger partial charge >= 0.3 is 0 Å². The first kappa shape index (κ1) is 19.8. The number of para-hydroxylation sites is 2. The van der Waals surface area contributed by atoms with Gasteiger partial charge in [-0.3, -0.25) is 20.2 Å². The molecule has 0 aromatic heterocycles. The van der Waals surface area contributed by atoms with Gasteiger partial charge in [-0.05, 0) is 30.7 Å². The minimum absolute atomic E-state index is 0.00561. The molecule has 0 heterocycles. The molecular weight excluding hydrogens is 376 g/mol. The van der Waals surface area contributed by atoms with Crippen LogP contribution in [0.2, 0.25) is 0 Å². The molecule has 0 saturated carbocycles. The molecule has 0 aliphatic heterocycles. The number of nitro groups is 2. The van der Waals surface area contributed by atoms with Crippen molar-refractivity contribution in [2.45, 2.75) is 20.1 Å². The Balaban J connectivity index is 1.72. The van der Waals surface area contributed by atoms with Crippen LogP contribution in [0, 0.1) is 27.2 Å². The molecule has 0 bridgehead atoms. The van der Waals surface area contributed by atoms with E-state index in [2.05, 4.69) is 0 Å². The van der Waals surface area contributed by atoms with Crippen LogP contribution in [0.15, 0.2) is 66.7 Å². The normalized spacial score (nSPS) is 10.4. The second-order valence-electron chi connectivity index (χ2n) is 6.28. The maximum Gasteiger partial charge on any atom is 0.276 e. The Kier molecular flexibility index (Phi) is 6.03. The molecule has 0 saturated heterocycles. The van der Waals surface area contributed by atoms with Crippen molar-refractivity contribution in [1.29, 1.82) is 0 Å². The highest BCUT2D eigenvalue weighted by molar-refractivity contribution is 5.43. The number of ether oxygens (including phenoxy) is 2. The van der Waals surface area contributed by atoms with E-state index in [1.165, 1.54) is 12.1 Å². The van der Waals surface area contributed by atoms with Crippen LogP contribution in [0.4, 0.5) is 11.4 Å². The second-order valence-corrected chi connectivity index (χ2v) is 6.28. The molecule has 3 rings (SSSR count). The van der Waals surface area contributed by atoms with E-state index in [0.29, 0.717) is 22.6 Å². The molecule has 0 aliphatic carbocycles. The largest absolute Gasteiger partial charge is 0.489 e. The average molecular weight is 394 g/mol. The van der Waals surface area contributed by atoms with Crippen LogP contribution in [0.3, 0.4) is 0 Å². The number of aryl methyl sites for hydroxylation is 1. The van der Waals surface area contributed by atoms with Gasteiger partial charge < -0.3 is 9.47 Å².